The maximum absolute atomic E-state index is 4.01. The molecule has 38 heavy (non-hydrogen) atoms. The Morgan fingerprint density at radius 2 is 1.18 bits per heavy atom. The van der Waals surface area contributed by atoms with Gasteiger partial charge in [0, 0.05) is 5.41 Å². The molecule has 1 rings (SSSR count). The zero-order valence-electron chi connectivity index (χ0n) is 31.4. The average Bonchev–Trinajstić information content (AvgIpc) is 3.04. The number of hydrogen-bond acceptors (Lipinski definition) is 0. The molecule has 1 aliphatic carbocycles. The SMILES string of the molecule is C=C/C(=C\CC)C(C)(/C=C\C(=C)C)C1=CCC(C)C=C1.CC.CC.CC.CC.CC.CC.CC.CC.CC. The Morgan fingerprint density at radius 1 is 0.816 bits per heavy atom. The van der Waals surface area contributed by atoms with Gasteiger partial charge in [-0.05, 0) is 43.8 Å². The van der Waals surface area contributed by atoms with Crippen LogP contribution >= 0.6 is 0 Å². The third kappa shape index (κ3) is 39.0. The average molecular weight is 539 g/mol. The first kappa shape index (κ1) is 60.8. The van der Waals surface area contributed by atoms with Crippen LogP contribution in [-0.2, 0) is 0 Å². The van der Waals surface area contributed by atoms with Gasteiger partial charge in [0.15, 0.2) is 0 Å². The molecule has 0 N–H and O–H groups in total. The normalized spacial score (nSPS) is 13.3. The van der Waals surface area contributed by atoms with E-state index in [9.17, 15) is 0 Å². The second kappa shape index (κ2) is 65.0. The zero-order chi connectivity index (χ0) is 33.2. The largest absolute Gasteiger partial charge is 0.0988 e. The van der Waals surface area contributed by atoms with Crippen molar-refractivity contribution in [1.29, 1.82) is 0 Å². The molecular formula is C38H82. The van der Waals surface area contributed by atoms with Crippen molar-refractivity contribution in [3.05, 3.63) is 72.4 Å². The topological polar surface area (TPSA) is 0 Å². The monoisotopic (exact) mass is 539 g/mol. The van der Waals surface area contributed by atoms with E-state index in [1.165, 1.54) is 11.1 Å². The smallest absolute Gasteiger partial charge is 0.0350 e. The van der Waals surface area contributed by atoms with Crippen LogP contribution in [-0.4, -0.2) is 0 Å². The fourth-order valence-corrected chi connectivity index (χ4v) is 2.51. The van der Waals surface area contributed by atoms with E-state index < -0.39 is 0 Å². The summed E-state index contributed by atoms with van der Waals surface area (Å²) in [6, 6.07) is 0. The molecule has 2 atom stereocenters. The van der Waals surface area contributed by atoms with E-state index in [1.807, 2.05) is 138 Å². The first-order chi connectivity index (χ1) is 18.4. The number of allylic oxidation sites excluding steroid dienone is 10. The van der Waals surface area contributed by atoms with Crippen molar-refractivity contribution in [1.82, 2.24) is 0 Å². The van der Waals surface area contributed by atoms with Gasteiger partial charge in [-0.1, -0.05) is 200 Å². The van der Waals surface area contributed by atoms with Crippen LogP contribution in [0.15, 0.2) is 72.4 Å². The lowest BCUT2D eigenvalue weighted by Gasteiger charge is -2.32. The van der Waals surface area contributed by atoms with Gasteiger partial charge in [-0.3, -0.25) is 0 Å². The first-order valence-electron chi connectivity index (χ1n) is 16.5. The summed E-state index contributed by atoms with van der Waals surface area (Å²) in [6.45, 7) is 52.7. The Bertz CT molecular complexity index is 482. The molecule has 0 amide bonds. The molecule has 0 aromatic heterocycles. The summed E-state index contributed by atoms with van der Waals surface area (Å²) < 4.78 is 0. The summed E-state index contributed by atoms with van der Waals surface area (Å²) >= 11 is 0. The van der Waals surface area contributed by atoms with Gasteiger partial charge in [-0.2, -0.15) is 0 Å². The van der Waals surface area contributed by atoms with Gasteiger partial charge in [-0.15, -0.1) is 0 Å². The quantitative estimate of drug-likeness (QED) is 0.295. The zero-order valence-corrected chi connectivity index (χ0v) is 31.4. The highest BCUT2D eigenvalue weighted by Gasteiger charge is 2.28. The standard InChI is InChI=1S/C20H28.9C2H6/c1-7-9-18(8-2)20(6,15-14-16(3)4)19-12-10-17(5)11-13-19;9*1-2/h8-10,12-15,17H,2-3,7,11H2,1,4-6H3;9*1-2H3/b15-14-,18-9+;;;;;;;;;. The molecule has 1 aliphatic rings. The minimum Gasteiger partial charge on any atom is -0.0988 e. The molecule has 0 aromatic carbocycles. The highest BCUT2D eigenvalue weighted by atomic mass is 14.3. The predicted molar refractivity (Wildman–Crippen MR) is 194 cm³/mol. The summed E-state index contributed by atoms with van der Waals surface area (Å²) in [4.78, 5) is 0. The minimum absolute atomic E-state index is 0.118. The van der Waals surface area contributed by atoms with Crippen LogP contribution < -0.4 is 0 Å². The van der Waals surface area contributed by atoms with Crippen molar-refractivity contribution in [2.75, 3.05) is 0 Å². The summed E-state index contributed by atoms with van der Waals surface area (Å²) in [5, 5.41) is 0. The molecule has 0 heterocycles. The van der Waals surface area contributed by atoms with E-state index in [4.69, 9.17) is 0 Å². The lowest BCUT2D eigenvalue weighted by molar-refractivity contribution is 0.618. The first-order valence-corrected chi connectivity index (χ1v) is 16.5. The van der Waals surface area contributed by atoms with Crippen molar-refractivity contribution >= 4 is 0 Å². The summed E-state index contributed by atoms with van der Waals surface area (Å²) in [7, 11) is 0. The second-order valence-corrected chi connectivity index (χ2v) is 5.89. The molecule has 0 fully saturated rings. The second-order valence-electron chi connectivity index (χ2n) is 5.89. The Morgan fingerprint density at radius 3 is 1.42 bits per heavy atom. The van der Waals surface area contributed by atoms with E-state index in [2.05, 4.69) is 70.4 Å². The summed E-state index contributed by atoms with van der Waals surface area (Å²) in [5.74, 6) is 0.635. The lowest BCUT2D eigenvalue weighted by Crippen LogP contribution is -2.19. The van der Waals surface area contributed by atoms with Crippen molar-refractivity contribution in [3.63, 3.8) is 0 Å². The third-order valence-corrected chi connectivity index (χ3v) is 3.86. The molecule has 0 spiro atoms. The highest BCUT2D eigenvalue weighted by molar-refractivity contribution is 5.46. The van der Waals surface area contributed by atoms with Gasteiger partial charge in [0.25, 0.3) is 0 Å². The van der Waals surface area contributed by atoms with Gasteiger partial charge < -0.3 is 0 Å². The summed E-state index contributed by atoms with van der Waals surface area (Å²) in [5.41, 5.74) is 3.58. The van der Waals surface area contributed by atoms with Gasteiger partial charge in [0.2, 0.25) is 0 Å². The molecule has 0 heteroatoms. The molecule has 0 nitrogen and oxygen atoms in total. The van der Waals surface area contributed by atoms with Crippen LogP contribution in [0.2, 0.25) is 0 Å². The Labute approximate surface area is 248 Å². The maximum Gasteiger partial charge on any atom is 0.0350 e. The molecule has 234 valence electrons. The van der Waals surface area contributed by atoms with Crippen molar-refractivity contribution in [2.24, 2.45) is 11.3 Å². The number of hydrogen-bond donors (Lipinski definition) is 0. The molecular weight excluding hydrogens is 456 g/mol. The van der Waals surface area contributed by atoms with Crippen LogP contribution in [0.1, 0.15) is 165 Å². The van der Waals surface area contributed by atoms with Gasteiger partial charge in [-0.25, -0.2) is 0 Å². The van der Waals surface area contributed by atoms with Crippen LogP contribution in [0, 0.1) is 11.3 Å². The number of rotatable bonds is 6. The molecule has 0 aliphatic heterocycles. The highest BCUT2D eigenvalue weighted by Crippen LogP contribution is 2.41. The van der Waals surface area contributed by atoms with E-state index in [-0.39, 0.29) is 5.41 Å². The Hall–Kier alpha value is -1.56. The molecule has 0 saturated heterocycles. The third-order valence-electron chi connectivity index (χ3n) is 3.86. The van der Waals surface area contributed by atoms with Gasteiger partial charge >= 0.3 is 0 Å². The lowest BCUT2D eigenvalue weighted by atomic mass is 9.72. The minimum atomic E-state index is -0.118. The molecule has 0 bridgehead atoms. The van der Waals surface area contributed by atoms with E-state index in [0.717, 1.165) is 18.4 Å². The summed E-state index contributed by atoms with van der Waals surface area (Å²) in [6.07, 6.45) is 17.7. The van der Waals surface area contributed by atoms with Gasteiger partial charge in [0.1, 0.15) is 0 Å². The maximum atomic E-state index is 4.01. The van der Waals surface area contributed by atoms with E-state index >= 15 is 0 Å². The van der Waals surface area contributed by atoms with Crippen molar-refractivity contribution in [2.45, 2.75) is 165 Å². The predicted octanol–water partition coefficient (Wildman–Crippen LogP) is 15.4. The van der Waals surface area contributed by atoms with Crippen LogP contribution in [0.4, 0.5) is 0 Å². The van der Waals surface area contributed by atoms with Crippen LogP contribution in [0.5, 0.6) is 0 Å². The fourth-order valence-electron chi connectivity index (χ4n) is 2.51. The Balaban J connectivity index is -0.0000000564. The van der Waals surface area contributed by atoms with Crippen LogP contribution in [0.25, 0.3) is 0 Å². The van der Waals surface area contributed by atoms with Gasteiger partial charge in [0.05, 0.1) is 0 Å². The van der Waals surface area contributed by atoms with Crippen molar-refractivity contribution in [3.8, 4) is 0 Å². The molecule has 0 saturated carbocycles. The van der Waals surface area contributed by atoms with E-state index in [0.29, 0.717) is 5.92 Å². The fraction of sp³-hybridized carbons (Fsp3) is 0.684. The Kier molecular flexibility index (Phi) is 104. The van der Waals surface area contributed by atoms with E-state index in [1.54, 1.807) is 0 Å². The molecule has 0 radical (unpaired) electrons. The van der Waals surface area contributed by atoms with Crippen LogP contribution in [0.3, 0.4) is 0 Å². The molecule has 2 unspecified atom stereocenters. The molecule has 0 aromatic rings. The van der Waals surface area contributed by atoms with Crippen molar-refractivity contribution < 1.29 is 0 Å².